The van der Waals surface area contributed by atoms with Gasteiger partial charge in [-0.25, -0.2) is 9.67 Å². The molecule has 1 aromatic carbocycles. The molecule has 8 heteroatoms. The van der Waals surface area contributed by atoms with Gasteiger partial charge in [0.1, 0.15) is 25.3 Å². The topological polar surface area (TPSA) is 71.5 Å². The molecule has 7 nitrogen and oxygen atoms in total. The molecule has 0 saturated carbocycles. The smallest absolute Gasteiger partial charge is 0.249 e. The van der Waals surface area contributed by atoms with Gasteiger partial charge < -0.3 is 18.6 Å². The summed E-state index contributed by atoms with van der Waals surface area (Å²) < 4.78 is 25.3. The predicted octanol–water partition coefficient (Wildman–Crippen LogP) is 2.98. The molecule has 0 amide bonds. The number of fused-ring (bicyclic) bond motifs is 1. The molecular formula is C17H18ClN3O4. The number of hydrogen-bond acceptors (Lipinski definition) is 6. The third-order valence-electron chi connectivity index (χ3n) is 4.11. The van der Waals surface area contributed by atoms with Crippen LogP contribution < -0.4 is 0 Å². The fraction of sp³-hybridized carbons (Fsp3) is 0.412. The maximum atomic E-state index is 6.24. The van der Waals surface area contributed by atoms with Gasteiger partial charge in [0.05, 0.1) is 19.5 Å². The van der Waals surface area contributed by atoms with Crippen LogP contribution in [-0.4, -0.2) is 40.7 Å². The van der Waals surface area contributed by atoms with Gasteiger partial charge in [-0.3, -0.25) is 0 Å². The second kappa shape index (κ2) is 6.76. The van der Waals surface area contributed by atoms with Crippen LogP contribution in [0.3, 0.4) is 0 Å². The molecule has 0 bridgehead atoms. The van der Waals surface area contributed by atoms with Gasteiger partial charge in [-0.1, -0.05) is 11.6 Å². The summed E-state index contributed by atoms with van der Waals surface area (Å²) in [4.78, 5) is 3.99. The van der Waals surface area contributed by atoms with Gasteiger partial charge in [-0.2, -0.15) is 5.10 Å². The lowest BCUT2D eigenvalue weighted by Gasteiger charge is -2.26. The standard InChI is InChI=1S/C17H18ClN3O4/c1-2-22-7-14-8-24-17(25-14,9-21-11-19-10-20-21)16-15-4-3-13(18)5-12(15)6-23-16/h3-6,10-11,14H,2,7-9H2,1H3. The van der Waals surface area contributed by atoms with E-state index in [2.05, 4.69) is 10.1 Å². The number of halogens is 1. The minimum absolute atomic E-state index is 0.184. The number of rotatable bonds is 6. The maximum absolute atomic E-state index is 6.24. The molecule has 0 N–H and O–H groups in total. The van der Waals surface area contributed by atoms with Crippen LogP contribution in [0.25, 0.3) is 10.8 Å². The first-order chi connectivity index (χ1) is 12.2. The summed E-state index contributed by atoms with van der Waals surface area (Å²) in [5.74, 6) is -0.501. The molecule has 132 valence electrons. The Bertz CT molecular complexity index is 851. The van der Waals surface area contributed by atoms with E-state index in [0.29, 0.717) is 37.1 Å². The number of hydrogen-bond donors (Lipinski definition) is 0. The van der Waals surface area contributed by atoms with Crippen LogP contribution in [0, 0.1) is 0 Å². The van der Waals surface area contributed by atoms with Crippen molar-refractivity contribution < 1.29 is 18.6 Å². The van der Waals surface area contributed by atoms with Crippen LogP contribution in [0.2, 0.25) is 5.02 Å². The zero-order chi connectivity index (χ0) is 17.3. The average Bonchev–Trinajstić information content (AvgIpc) is 3.33. The summed E-state index contributed by atoms with van der Waals surface area (Å²) in [5.41, 5.74) is 0. The predicted molar refractivity (Wildman–Crippen MR) is 90.2 cm³/mol. The second-order valence-electron chi connectivity index (χ2n) is 5.85. The summed E-state index contributed by atoms with van der Waals surface area (Å²) in [6.45, 7) is 3.76. The fourth-order valence-electron chi connectivity index (χ4n) is 3.02. The van der Waals surface area contributed by atoms with E-state index in [1.165, 1.54) is 6.33 Å². The molecule has 4 rings (SSSR count). The molecule has 1 aliphatic heterocycles. The second-order valence-corrected chi connectivity index (χ2v) is 6.29. The molecule has 2 aromatic heterocycles. The maximum Gasteiger partial charge on any atom is 0.249 e. The minimum Gasteiger partial charge on any atom is -0.462 e. The van der Waals surface area contributed by atoms with Crippen molar-refractivity contribution in [3.05, 3.63) is 47.9 Å². The summed E-state index contributed by atoms with van der Waals surface area (Å²) in [6, 6.07) is 5.57. The van der Waals surface area contributed by atoms with Crippen molar-refractivity contribution in [2.75, 3.05) is 19.8 Å². The van der Waals surface area contributed by atoms with Gasteiger partial charge in [0, 0.05) is 22.4 Å². The van der Waals surface area contributed by atoms with Crippen molar-refractivity contribution in [3.8, 4) is 0 Å². The average molecular weight is 364 g/mol. The van der Waals surface area contributed by atoms with Crippen LogP contribution in [-0.2, 0) is 26.5 Å². The van der Waals surface area contributed by atoms with Crippen LogP contribution in [0.1, 0.15) is 12.7 Å². The van der Waals surface area contributed by atoms with Crippen molar-refractivity contribution in [2.24, 2.45) is 0 Å². The van der Waals surface area contributed by atoms with Gasteiger partial charge >= 0.3 is 0 Å². The van der Waals surface area contributed by atoms with Gasteiger partial charge in [0.25, 0.3) is 0 Å². The van der Waals surface area contributed by atoms with Crippen molar-refractivity contribution in [1.29, 1.82) is 0 Å². The summed E-state index contributed by atoms with van der Waals surface area (Å²) in [6.07, 6.45) is 4.56. The largest absolute Gasteiger partial charge is 0.462 e. The molecule has 3 heterocycles. The summed E-state index contributed by atoms with van der Waals surface area (Å²) >= 11 is 6.07. The van der Waals surface area contributed by atoms with Gasteiger partial charge in [-0.15, -0.1) is 0 Å². The first-order valence-corrected chi connectivity index (χ1v) is 8.47. The number of furan rings is 1. The Morgan fingerprint density at radius 3 is 3.16 bits per heavy atom. The van der Waals surface area contributed by atoms with Gasteiger partial charge in [0.15, 0.2) is 5.76 Å². The first kappa shape index (κ1) is 16.5. The lowest BCUT2D eigenvalue weighted by molar-refractivity contribution is -0.203. The van der Waals surface area contributed by atoms with E-state index in [1.54, 1.807) is 17.3 Å². The quantitative estimate of drug-likeness (QED) is 0.670. The molecule has 2 unspecified atom stereocenters. The molecule has 0 radical (unpaired) electrons. The minimum atomic E-state index is -1.09. The van der Waals surface area contributed by atoms with Crippen molar-refractivity contribution in [3.63, 3.8) is 0 Å². The molecular weight excluding hydrogens is 346 g/mol. The lowest BCUT2D eigenvalue weighted by Crippen LogP contribution is -2.34. The van der Waals surface area contributed by atoms with Crippen molar-refractivity contribution in [1.82, 2.24) is 14.8 Å². The van der Waals surface area contributed by atoms with E-state index in [0.717, 1.165) is 10.8 Å². The van der Waals surface area contributed by atoms with Gasteiger partial charge in [-0.05, 0) is 25.1 Å². The van der Waals surface area contributed by atoms with E-state index in [9.17, 15) is 0 Å². The molecule has 2 atom stereocenters. The third kappa shape index (κ3) is 3.16. The lowest BCUT2D eigenvalue weighted by atomic mass is 10.1. The highest BCUT2D eigenvalue weighted by Gasteiger charge is 2.47. The zero-order valence-electron chi connectivity index (χ0n) is 13.7. The Balaban J connectivity index is 1.72. The molecule has 0 aliphatic carbocycles. The van der Waals surface area contributed by atoms with Crippen LogP contribution >= 0.6 is 11.6 Å². The number of nitrogens with zero attached hydrogens (tertiary/aromatic N) is 3. The fourth-order valence-corrected chi connectivity index (χ4v) is 3.20. The monoisotopic (exact) mass is 363 g/mol. The van der Waals surface area contributed by atoms with Gasteiger partial charge in [0.2, 0.25) is 5.79 Å². The molecule has 3 aromatic rings. The highest BCUT2D eigenvalue weighted by atomic mass is 35.5. The highest BCUT2D eigenvalue weighted by molar-refractivity contribution is 6.31. The Kier molecular flexibility index (Phi) is 4.47. The van der Waals surface area contributed by atoms with E-state index >= 15 is 0 Å². The van der Waals surface area contributed by atoms with Crippen LogP contribution in [0.15, 0.2) is 41.5 Å². The van der Waals surface area contributed by atoms with Crippen LogP contribution in [0.5, 0.6) is 0 Å². The third-order valence-corrected chi connectivity index (χ3v) is 4.35. The van der Waals surface area contributed by atoms with Crippen molar-refractivity contribution >= 4 is 22.4 Å². The molecule has 1 saturated heterocycles. The van der Waals surface area contributed by atoms with E-state index in [1.807, 2.05) is 25.1 Å². The molecule has 1 fully saturated rings. The Labute approximate surface area is 149 Å². The van der Waals surface area contributed by atoms with E-state index in [4.69, 9.17) is 30.2 Å². The Morgan fingerprint density at radius 2 is 2.36 bits per heavy atom. The van der Waals surface area contributed by atoms with E-state index in [-0.39, 0.29) is 6.10 Å². The number of aromatic nitrogens is 3. The molecule has 1 aliphatic rings. The Hall–Kier alpha value is -1.93. The number of benzene rings is 1. The van der Waals surface area contributed by atoms with Crippen molar-refractivity contribution in [2.45, 2.75) is 25.4 Å². The molecule has 0 spiro atoms. The number of ether oxygens (including phenoxy) is 3. The first-order valence-electron chi connectivity index (χ1n) is 8.09. The SMILES string of the molecule is CCOCC1COC(Cn2cncn2)(c2occ3cc(Cl)ccc23)O1. The van der Waals surface area contributed by atoms with Crippen LogP contribution in [0.4, 0.5) is 0 Å². The van der Waals surface area contributed by atoms with E-state index < -0.39 is 5.79 Å². The molecule has 25 heavy (non-hydrogen) atoms. The normalized spacial score (nSPS) is 23.5. The Morgan fingerprint density at radius 1 is 1.44 bits per heavy atom. The zero-order valence-corrected chi connectivity index (χ0v) is 14.5. The highest BCUT2D eigenvalue weighted by Crippen LogP contribution is 2.41. The summed E-state index contributed by atoms with van der Waals surface area (Å²) in [5, 5.41) is 6.59. The summed E-state index contributed by atoms with van der Waals surface area (Å²) in [7, 11) is 0.